The molecule has 138 valence electrons. The highest BCUT2D eigenvalue weighted by atomic mass is 79.9. The third kappa shape index (κ3) is 4.00. The summed E-state index contributed by atoms with van der Waals surface area (Å²) in [6, 6.07) is 31.5. The Morgan fingerprint density at radius 3 is 1.82 bits per heavy atom. The molecule has 3 heteroatoms. The molecule has 28 heavy (non-hydrogen) atoms. The molecule has 0 saturated heterocycles. The lowest BCUT2D eigenvalue weighted by molar-refractivity contribution is 0.628. The van der Waals surface area contributed by atoms with Gasteiger partial charge in [-0.05, 0) is 78.2 Å². The third-order valence-electron chi connectivity index (χ3n) is 4.63. The maximum atomic E-state index is 13.9. The molecule has 0 N–H and O–H groups in total. The predicted octanol–water partition coefficient (Wildman–Crippen LogP) is 8.03. The van der Waals surface area contributed by atoms with Crippen LogP contribution in [0.5, 0.6) is 0 Å². The molecule has 0 aliphatic rings. The SMILES string of the molecule is Cc1cccc(N(c2ccc(-c3ccc(Br)cc3)cc2)c2cccc(F)c2)c1. The Morgan fingerprint density at radius 2 is 1.21 bits per heavy atom. The van der Waals surface area contributed by atoms with Crippen LogP contribution in [0, 0.1) is 12.7 Å². The van der Waals surface area contributed by atoms with E-state index in [9.17, 15) is 4.39 Å². The van der Waals surface area contributed by atoms with Crippen LogP contribution in [0.15, 0.2) is 102 Å². The van der Waals surface area contributed by atoms with Gasteiger partial charge in [-0.25, -0.2) is 4.39 Å². The van der Waals surface area contributed by atoms with Crippen LogP contribution in [-0.2, 0) is 0 Å². The van der Waals surface area contributed by atoms with Gasteiger partial charge >= 0.3 is 0 Å². The van der Waals surface area contributed by atoms with E-state index in [4.69, 9.17) is 0 Å². The zero-order chi connectivity index (χ0) is 19.5. The Kier molecular flexibility index (Phi) is 5.27. The second-order valence-corrected chi connectivity index (χ2v) is 7.62. The van der Waals surface area contributed by atoms with Crippen LogP contribution in [0.3, 0.4) is 0 Å². The summed E-state index contributed by atoms with van der Waals surface area (Å²) in [7, 11) is 0. The van der Waals surface area contributed by atoms with Gasteiger partial charge in [-0.1, -0.05) is 58.4 Å². The lowest BCUT2D eigenvalue weighted by Gasteiger charge is -2.26. The van der Waals surface area contributed by atoms with Gasteiger partial charge in [-0.2, -0.15) is 0 Å². The fourth-order valence-electron chi connectivity index (χ4n) is 3.27. The van der Waals surface area contributed by atoms with Crippen LogP contribution < -0.4 is 4.90 Å². The Morgan fingerprint density at radius 1 is 0.643 bits per heavy atom. The van der Waals surface area contributed by atoms with Gasteiger partial charge in [0.2, 0.25) is 0 Å². The second-order valence-electron chi connectivity index (χ2n) is 6.71. The summed E-state index contributed by atoms with van der Waals surface area (Å²) >= 11 is 3.47. The molecule has 0 fully saturated rings. The second kappa shape index (κ2) is 7.99. The van der Waals surface area contributed by atoms with Crippen LogP contribution in [0.4, 0.5) is 21.5 Å². The van der Waals surface area contributed by atoms with E-state index in [0.717, 1.165) is 38.2 Å². The molecule has 4 aromatic carbocycles. The van der Waals surface area contributed by atoms with Gasteiger partial charge in [0, 0.05) is 21.5 Å². The molecular formula is C25H19BrFN. The topological polar surface area (TPSA) is 3.24 Å². The molecule has 0 saturated carbocycles. The van der Waals surface area contributed by atoms with Gasteiger partial charge < -0.3 is 4.90 Å². The molecule has 0 amide bonds. The smallest absolute Gasteiger partial charge is 0.125 e. The van der Waals surface area contributed by atoms with Gasteiger partial charge in [-0.15, -0.1) is 0 Å². The maximum Gasteiger partial charge on any atom is 0.125 e. The number of hydrogen-bond acceptors (Lipinski definition) is 1. The molecule has 0 heterocycles. The molecule has 0 unspecified atom stereocenters. The molecule has 4 aromatic rings. The highest BCUT2D eigenvalue weighted by Crippen LogP contribution is 2.36. The van der Waals surface area contributed by atoms with Crippen molar-refractivity contribution < 1.29 is 4.39 Å². The summed E-state index contributed by atoms with van der Waals surface area (Å²) in [5.41, 5.74) is 6.23. The van der Waals surface area contributed by atoms with Crippen LogP contribution in [0.2, 0.25) is 0 Å². The van der Waals surface area contributed by atoms with Crippen molar-refractivity contribution in [3.05, 3.63) is 113 Å². The Balaban J connectivity index is 1.77. The number of benzene rings is 4. The van der Waals surface area contributed by atoms with E-state index in [0.29, 0.717) is 0 Å². The average molecular weight is 432 g/mol. The lowest BCUT2D eigenvalue weighted by atomic mass is 10.0. The minimum Gasteiger partial charge on any atom is -0.310 e. The lowest BCUT2D eigenvalue weighted by Crippen LogP contribution is -2.10. The van der Waals surface area contributed by atoms with Gasteiger partial charge in [0.05, 0.1) is 0 Å². The first-order chi connectivity index (χ1) is 13.6. The van der Waals surface area contributed by atoms with Crippen molar-refractivity contribution in [2.75, 3.05) is 4.90 Å². The highest BCUT2D eigenvalue weighted by Gasteiger charge is 2.13. The molecule has 0 atom stereocenters. The molecule has 0 bridgehead atoms. The molecule has 4 rings (SSSR count). The monoisotopic (exact) mass is 431 g/mol. The van der Waals surface area contributed by atoms with Crippen molar-refractivity contribution >= 4 is 33.0 Å². The average Bonchev–Trinajstić information content (AvgIpc) is 2.70. The Hall–Kier alpha value is -2.91. The summed E-state index contributed by atoms with van der Waals surface area (Å²) in [5, 5.41) is 0. The van der Waals surface area contributed by atoms with Gasteiger partial charge in [0.15, 0.2) is 0 Å². The van der Waals surface area contributed by atoms with Gasteiger partial charge in [0.1, 0.15) is 5.82 Å². The Bertz CT molecular complexity index is 1040. The van der Waals surface area contributed by atoms with Gasteiger partial charge in [0.25, 0.3) is 0 Å². The molecule has 1 nitrogen and oxygen atoms in total. The standard InChI is InChI=1S/C25H19BrFN/c1-18-4-2-6-24(16-18)28(25-7-3-5-22(27)17-25)23-14-10-20(11-15-23)19-8-12-21(26)13-9-19/h2-17H,1H3. The van der Waals surface area contributed by atoms with E-state index >= 15 is 0 Å². The molecule has 0 aliphatic carbocycles. The summed E-state index contributed by atoms with van der Waals surface area (Å²) < 4.78 is 15.0. The Labute approximate surface area is 173 Å². The van der Waals surface area contributed by atoms with E-state index in [1.165, 1.54) is 6.07 Å². The fourth-order valence-corrected chi connectivity index (χ4v) is 3.54. The van der Waals surface area contributed by atoms with E-state index < -0.39 is 0 Å². The fraction of sp³-hybridized carbons (Fsp3) is 0.0400. The first kappa shape index (κ1) is 18.5. The van der Waals surface area contributed by atoms with E-state index in [1.807, 2.05) is 30.3 Å². The van der Waals surface area contributed by atoms with Crippen molar-refractivity contribution in [2.45, 2.75) is 6.92 Å². The van der Waals surface area contributed by atoms with E-state index in [-0.39, 0.29) is 5.82 Å². The van der Waals surface area contributed by atoms with Crippen molar-refractivity contribution in [2.24, 2.45) is 0 Å². The molecule has 0 spiro atoms. The first-order valence-corrected chi connectivity index (χ1v) is 9.88. The zero-order valence-corrected chi connectivity index (χ0v) is 17.0. The summed E-state index contributed by atoms with van der Waals surface area (Å²) in [5.74, 6) is -0.248. The highest BCUT2D eigenvalue weighted by molar-refractivity contribution is 9.10. The number of nitrogens with zero attached hydrogens (tertiary/aromatic N) is 1. The number of hydrogen-bond donors (Lipinski definition) is 0. The van der Waals surface area contributed by atoms with E-state index in [1.54, 1.807) is 12.1 Å². The predicted molar refractivity (Wildman–Crippen MR) is 119 cm³/mol. The summed E-state index contributed by atoms with van der Waals surface area (Å²) in [4.78, 5) is 2.07. The van der Waals surface area contributed by atoms with Crippen molar-refractivity contribution in [3.63, 3.8) is 0 Å². The van der Waals surface area contributed by atoms with E-state index in [2.05, 4.69) is 76.3 Å². The van der Waals surface area contributed by atoms with Crippen molar-refractivity contribution in [3.8, 4) is 11.1 Å². The normalized spacial score (nSPS) is 10.7. The molecule has 0 aliphatic heterocycles. The number of aryl methyl sites for hydroxylation is 1. The minimum absolute atomic E-state index is 0.248. The minimum atomic E-state index is -0.248. The summed E-state index contributed by atoms with van der Waals surface area (Å²) in [6.07, 6.45) is 0. The quantitative estimate of drug-likeness (QED) is 0.316. The van der Waals surface area contributed by atoms with Crippen LogP contribution >= 0.6 is 15.9 Å². The summed E-state index contributed by atoms with van der Waals surface area (Å²) in [6.45, 7) is 2.06. The molecule has 0 radical (unpaired) electrons. The van der Waals surface area contributed by atoms with Gasteiger partial charge in [-0.3, -0.25) is 0 Å². The van der Waals surface area contributed by atoms with Crippen molar-refractivity contribution in [1.82, 2.24) is 0 Å². The van der Waals surface area contributed by atoms with Crippen LogP contribution in [-0.4, -0.2) is 0 Å². The number of halogens is 2. The molecular weight excluding hydrogens is 413 g/mol. The van der Waals surface area contributed by atoms with Crippen LogP contribution in [0.25, 0.3) is 11.1 Å². The van der Waals surface area contributed by atoms with Crippen molar-refractivity contribution in [1.29, 1.82) is 0 Å². The number of anilines is 3. The van der Waals surface area contributed by atoms with Crippen LogP contribution in [0.1, 0.15) is 5.56 Å². The first-order valence-electron chi connectivity index (χ1n) is 9.08. The largest absolute Gasteiger partial charge is 0.310 e. The third-order valence-corrected chi connectivity index (χ3v) is 5.16. The molecule has 0 aromatic heterocycles. The number of rotatable bonds is 4. The maximum absolute atomic E-state index is 13.9. The zero-order valence-electron chi connectivity index (χ0n) is 15.4.